The molecule has 3 rings (SSSR count). The number of ether oxygens (including phenoxy) is 1. The highest BCUT2D eigenvalue weighted by Crippen LogP contribution is 2.22. The molecule has 142 valence electrons. The first-order valence-corrected chi connectivity index (χ1v) is 8.60. The number of benzene rings is 2. The lowest BCUT2D eigenvalue weighted by atomic mass is 10.1. The van der Waals surface area contributed by atoms with Crippen LogP contribution in [0.5, 0.6) is 0 Å². The number of amides is 3. The molecule has 1 aliphatic heterocycles. The summed E-state index contributed by atoms with van der Waals surface area (Å²) in [5, 5.41) is 0. The quantitative estimate of drug-likeness (QED) is 0.418. The number of esters is 1. The monoisotopic (exact) mass is 378 g/mol. The summed E-state index contributed by atoms with van der Waals surface area (Å²) in [6.45, 7) is 2.82. The highest BCUT2D eigenvalue weighted by Gasteiger charge is 2.36. The Morgan fingerprint density at radius 2 is 1.54 bits per heavy atom. The van der Waals surface area contributed by atoms with Gasteiger partial charge in [0.05, 0.1) is 11.1 Å². The second-order valence-corrected chi connectivity index (χ2v) is 6.03. The van der Waals surface area contributed by atoms with Gasteiger partial charge in [-0.25, -0.2) is 0 Å². The summed E-state index contributed by atoms with van der Waals surface area (Å²) in [6, 6.07) is 15.2. The van der Waals surface area contributed by atoms with E-state index in [0.717, 1.165) is 4.90 Å². The second-order valence-electron chi connectivity index (χ2n) is 6.03. The number of nitrogens with zero attached hydrogens (tertiary/aromatic N) is 2. The summed E-state index contributed by atoms with van der Waals surface area (Å²) in [6.07, 6.45) is 1.56. The van der Waals surface area contributed by atoms with E-state index >= 15 is 0 Å². The highest BCUT2D eigenvalue weighted by molar-refractivity contribution is 6.22. The Kier molecular flexibility index (Phi) is 5.64. The van der Waals surface area contributed by atoms with Crippen molar-refractivity contribution in [2.75, 3.05) is 24.6 Å². The maximum Gasteiger partial charge on any atom is 0.326 e. The predicted molar refractivity (Wildman–Crippen MR) is 102 cm³/mol. The van der Waals surface area contributed by atoms with Gasteiger partial charge >= 0.3 is 5.97 Å². The van der Waals surface area contributed by atoms with Gasteiger partial charge in [0.25, 0.3) is 17.7 Å². The van der Waals surface area contributed by atoms with Gasteiger partial charge in [-0.1, -0.05) is 36.4 Å². The van der Waals surface area contributed by atoms with Crippen LogP contribution in [0, 0.1) is 0 Å². The van der Waals surface area contributed by atoms with Crippen molar-refractivity contribution in [3.8, 4) is 0 Å². The van der Waals surface area contributed by atoms with E-state index in [9.17, 15) is 19.2 Å². The first-order chi connectivity index (χ1) is 13.5. The molecule has 0 radical (unpaired) electrons. The fourth-order valence-corrected chi connectivity index (χ4v) is 2.87. The Bertz CT molecular complexity index is 904. The standard InChI is InChI=1S/C21H18N2O5/c1-2-12-22(15-8-4-3-5-9-15)18(24)14-28-19(25)13-23-20(26)16-10-6-7-11-17(16)21(23)27/h2-11H,1,12-14H2. The summed E-state index contributed by atoms with van der Waals surface area (Å²) in [5.41, 5.74) is 1.14. The fourth-order valence-electron chi connectivity index (χ4n) is 2.87. The Morgan fingerprint density at radius 1 is 0.964 bits per heavy atom. The second kappa shape index (κ2) is 8.30. The molecule has 2 aromatic carbocycles. The van der Waals surface area contributed by atoms with Crippen molar-refractivity contribution in [1.29, 1.82) is 0 Å². The van der Waals surface area contributed by atoms with Crippen LogP contribution >= 0.6 is 0 Å². The molecule has 0 fully saturated rings. The molecular weight excluding hydrogens is 360 g/mol. The third-order valence-corrected chi connectivity index (χ3v) is 4.20. The number of rotatable bonds is 7. The van der Waals surface area contributed by atoms with Gasteiger partial charge in [0.1, 0.15) is 6.54 Å². The van der Waals surface area contributed by atoms with Crippen molar-refractivity contribution in [2.24, 2.45) is 0 Å². The van der Waals surface area contributed by atoms with E-state index in [1.165, 1.54) is 17.0 Å². The lowest BCUT2D eigenvalue weighted by Gasteiger charge is -2.21. The Morgan fingerprint density at radius 3 is 2.11 bits per heavy atom. The van der Waals surface area contributed by atoms with Crippen molar-refractivity contribution in [3.05, 3.63) is 78.4 Å². The number of carbonyl (C=O) groups excluding carboxylic acids is 4. The molecule has 0 bridgehead atoms. The van der Waals surface area contributed by atoms with Crippen molar-refractivity contribution in [2.45, 2.75) is 0 Å². The number of para-hydroxylation sites is 1. The van der Waals surface area contributed by atoms with Crippen LogP contribution in [-0.2, 0) is 14.3 Å². The third-order valence-electron chi connectivity index (χ3n) is 4.20. The maximum absolute atomic E-state index is 12.4. The molecule has 0 spiro atoms. The lowest BCUT2D eigenvalue weighted by molar-refractivity contribution is -0.148. The minimum Gasteiger partial charge on any atom is -0.454 e. The summed E-state index contributed by atoms with van der Waals surface area (Å²) in [4.78, 5) is 51.3. The number of anilines is 1. The molecule has 0 aromatic heterocycles. The zero-order chi connectivity index (χ0) is 20.1. The highest BCUT2D eigenvalue weighted by atomic mass is 16.5. The normalized spacial score (nSPS) is 12.5. The van der Waals surface area contributed by atoms with Gasteiger partial charge in [0, 0.05) is 12.2 Å². The molecule has 7 nitrogen and oxygen atoms in total. The molecular formula is C21H18N2O5. The molecule has 3 amide bonds. The SMILES string of the molecule is C=CCN(C(=O)COC(=O)CN1C(=O)c2ccccc2C1=O)c1ccccc1. The van der Waals surface area contributed by atoms with Crippen molar-refractivity contribution in [1.82, 2.24) is 4.90 Å². The largest absolute Gasteiger partial charge is 0.454 e. The molecule has 28 heavy (non-hydrogen) atoms. The topological polar surface area (TPSA) is 84.0 Å². The van der Waals surface area contributed by atoms with Crippen LogP contribution in [0.15, 0.2) is 67.3 Å². The molecule has 0 unspecified atom stereocenters. The Labute approximate surface area is 161 Å². The van der Waals surface area contributed by atoms with Gasteiger partial charge in [0.15, 0.2) is 6.61 Å². The fraction of sp³-hybridized carbons (Fsp3) is 0.143. The summed E-state index contributed by atoms with van der Waals surface area (Å²) < 4.78 is 5.00. The van der Waals surface area contributed by atoms with Crippen LogP contribution in [0.2, 0.25) is 0 Å². The van der Waals surface area contributed by atoms with Crippen LogP contribution in [0.3, 0.4) is 0 Å². The van der Waals surface area contributed by atoms with Crippen LogP contribution in [0.25, 0.3) is 0 Å². The van der Waals surface area contributed by atoms with Crippen LogP contribution < -0.4 is 4.90 Å². The number of fused-ring (bicyclic) bond motifs is 1. The zero-order valence-corrected chi connectivity index (χ0v) is 15.0. The first kappa shape index (κ1) is 19.0. The molecule has 1 aliphatic rings. The van der Waals surface area contributed by atoms with Gasteiger partial charge in [-0.3, -0.25) is 24.1 Å². The van der Waals surface area contributed by atoms with Crippen molar-refractivity contribution >= 4 is 29.4 Å². The van der Waals surface area contributed by atoms with Crippen LogP contribution in [-0.4, -0.2) is 48.3 Å². The van der Waals surface area contributed by atoms with Gasteiger partial charge in [-0.15, -0.1) is 6.58 Å². The van der Waals surface area contributed by atoms with Gasteiger partial charge in [-0.2, -0.15) is 0 Å². The van der Waals surface area contributed by atoms with E-state index in [1.807, 2.05) is 6.07 Å². The Hall–Kier alpha value is -3.74. The Balaban J connectivity index is 1.60. The molecule has 7 heteroatoms. The first-order valence-electron chi connectivity index (χ1n) is 8.60. The molecule has 0 N–H and O–H groups in total. The molecule has 0 saturated heterocycles. The maximum atomic E-state index is 12.4. The minimum atomic E-state index is -0.838. The smallest absolute Gasteiger partial charge is 0.326 e. The van der Waals surface area contributed by atoms with E-state index in [-0.39, 0.29) is 17.7 Å². The van der Waals surface area contributed by atoms with E-state index in [1.54, 1.807) is 42.5 Å². The van der Waals surface area contributed by atoms with Crippen molar-refractivity contribution < 1.29 is 23.9 Å². The number of hydrogen-bond donors (Lipinski definition) is 0. The average molecular weight is 378 g/mol. The molecule has 0 saturated carbocycles. The predicted octanol–water partition coefficient (Wildman–Crippen LogP) is 2.04. The van der Waals surface area contributed by atoms with E-state index in [4.69, 9.17) is 4.74 Å². The zero-order valence-electron chi connectivity index (χ0n) is 15.0. The van der Waals surface area contributed by atoms with Gasteiger partial charge in [0.2, 0.25) is 0 Å². The summed E-state index contributed by atoms with van der Waals surface area (Å²) in [5.74, 6) is -2.39. The molecule has 0 aliphatic carbocycles. The van der Waals surface area contributed by atoms with Gasteiger partial charge < -0.3 is 9.64 Å². The average Bonchev–Trinajstić information content (AvgIpc) is 2.96. The van der Waals surface area contributed by atoms with Crippen LogP contribution in [0.4, 0.5) is 5.69 Å². The van der Waals surface area contributed by atoms with Crippen LogP contribution in [0.1, 0.15) is 20.7 Å². The van der Waals surface area contributed by atoms with E-state index < -0.39 is 36.8 Å². The third kappa shape index (κ3) is 3.83. The number of imide groups is 1. The summed E-state index contributed by atoms with van der Waals surface area (Å²) in [7, 11) is 0. The molecule has 1 heterocycles. The van der Waals surface area contributed by atoms with E-state index in [2.05, 4.69) is 6.58 Å². The summed E-state index contributed by atoms with van der Waals surface area (Å²) >= 11 is 0. The van der Waals surface area contributed by atoms with Crippen molar-refractivity contribution in [3.63, 3.8) is 0 Å². The lowest BCUT2D eigenvalue weighted by Crippen LogP contribution is -2.38. The van der Waals surface area contributed by atoms with Gasteiger partial charge in [-0.05, 0) is 24.3 Å². The minimum absolute atomic E-state index is 0.248. The molecule has 0 atom stereocenters. The molecule has 2 aromatic rings. The number of carbonyl (C=O) groups is 4. The number of hydrogen-bond acceptors (Lipinski definition) is 5. The van der Waals surface area contributed by atoms with E-state index in [0.29, 0.717) is 5.69 Å².